The predicted molar refractivity (Wildman–Crippen MR) is 113 cm³/mol. The lowest BCUT2D eigenvalue weighted by Crippen LogP contribution is -2.40. The normalized spacial score (nSPS) is 15.5. The van der Waals surface area contributed by atoms with Gasteiger partial charge in [0.1, 0.15) is 0 Å². The van der Waals surface area contributed by atoms with Crippen LogP contribution in [0.3, 0.4) is 0 Å². The van der Waals surface area contributed by atoms with Crippen LogP contribution in [-0.4, -0.2) is 24.5 Å². The monoisotopic (exact) mass is 456 g/mol. The minimum atomic E-state index is 0. The number of hydrogen-bond acceptors (Lipinski definition) is 3. The molecule has 0 radical (unpaired) electrons. The summed E-state index contributed by atoms with van der Waals surface area (Å²) in [5.41, 5.74) is 2.82. The van der Waals surface area contributed by atoms with Crippen LogP contribution in [0.15, 0.2) is 35.3 Å². The van der Waals surface area contributed by atoms with Crippen molar-refractivity contribution in [2.75, 3.05) is 13.6 Å². The molecule has 0 atom stereocenters. The van der Waals surface area contributed by atoms with Crippen LogP contribution in [0.4, 0.5) is 0 Å². The molecule has 1 fully saturated rings. The van der Waals surface area contributed by atoms with Crippen LogP contribution in [0, 0.1) is 13.8 Å². The van der Waals surface area contributed by atoms with Gasteiger partial charge in [-0.05, 0) is 32.3 Å². The quantitative estimate of drug-likeness (QED) is 0.409. The zero-order chi connectivity index (χ0) is 16.3. The Morgan fingerprint density at radius 3 is 2.46 bits per heavy atom. The number of benzene rings is 1. The van der Waals surface area contributed by atoms with E-state index < -0.39 is 0 Å². The van der Waals surface area contributed by atoms with Crippen molar-refractivity contribution in [3.8, 4) is 0 Å². The molecule has 6 heteroatoms. The van der Waals surface area contributed by atoms with Gasteiger partial charge in [0.25, 0.3) is 0 Å². The Kier molecular flexibility index (Phi) is 6.62. The highest BCUT2D eigenvalue weighted by molar-refractivity contribution is 14.0. The third-order valence-corrected chi connectivity index (χ3v) is 5.55. The maximum atomic E-state index is 4.47. The summed E-state index contributed by atoms with van der Waals surface area (Å²) in [5, 5.41) is 8.01. The fourth-order valence-electron chi connectivity index (χ4n) is 2.89. The van der Waals surface area contributed by atoms with Gasteiger partial charge in [0.2, 0.25) is 0 Å². The summed E-state index contributed by atoms with van der Waals surface area (Å²) in [6.07, 6.45) is 2.49. The molecule has 0 unspecified atom stereocenters. The average Bonchev–Trinajstić information content (AvgIpc) is 3.28. The number of halogens is 1. The summed E-state index contributed by atoms with van der Waals surface area (Å²) in [4.78, 5) is 10.1. The predicted octanol–water partition coefficient (Wildman–Crippen LogP) is 3.77. The van der Waals surface area contributed by atoms with E-state index in [0.29, 0.717) is 0 Å². The second-order valence-corrected chi connectivity index (χ2v) is 7.45. The van der Waals surface area contributed by atoms with E-state index in [1.807, 2.05) is 14.0 Å². The first-order valence-electron chi connectivity index (χ1n) is 8.06. The Labute approximate surface area is 165 Å². The minimum absolute atomic E-state index is 0. The van der Waals surface area contributed by atoms with Crippen molar-refractivity contribution in [3.05, 3.63) is 51.5 Å². The molecule has 4 nitrogen and oxygen atoms in total. The number of hydrogen-bond donors (Lipinski definition) is 2. The number of rotatable bonds is 5. The molecule has 1 aromatic carbocycles. The molecular formula is C18H25IN4S. The van der Waals surface area contributed by atoms with Gasteiger partial charge in [-0.3, -0.25) is 4.99 Å². The first-order valence-corrected chi connectivity index (χ1v) is 8.87. The van der Waals surface area contributed by atoms with Crippen LogP contribution in [0.25, 0.3) is 0 Å². The summed E-state index contributed by atoms with van der Waals surface area (Å²) < 4.78 is 0. The van der Waals surface area contributed by atoms with Gasteiger partial charge in [-0.15, -0.1) is 35.3 Å². The van der Waals surface area contributed by atoms with Crippen LogP contribution in [-0.2, 0) is 12.0 Å². The zero-order valence-electron chi connectivity index (χ0n) is 14.4. The summed E-state index contributed by atoms with van der Waals surface area (Å²) in [6.45, 7) is 5.81. The van der Waals surface area contributed by atoms with Crippen LogP contribution < -0.4 is 10.6 Å². The number of aromatic nitrogens is 1. The molecule has 2 N–H and O–H groups in total. The molecule has 1 aliphatic carbocycles. The molecule has 2 aromatic rings. The number of aryl methyl sites for hydroxylation is 2. The van der Waals surface area contributed by atoms with E-state index in [1.165, 1.54) is 23.3 Å². The number of nitrogens with one attached hydrogen (secondary N) is 2. The number of nitrogens with zero attached hydrogens (tertiary/aromatic N) is 2. The van der Waals surface area contributed by atoms with E-state index in [4.69, 9.17) is 0 Å². The molecule has 1 aromatic heterocycles. The molecule has 0 spiro atoms. The van der Waals surface area contributed by atoms with E-state index in [1.54, 1.807) is 11.3 Å². The highest BCUT2D eigenvalue weighted by Crippen LogP contribution is 2.47. The smallest absolute Gasteiger partial charge is 0.191 e. The molecule has 24 heavy (non-hydrogen) atoms. The van der Waals surface area contributed by atoms with Gasteiger partial charge in [-0.25, -0.2) is 4.98 Å². The molecule has 3 rings (SSSR count). The lowest BCUT2D eigenvalue weighted by Gasteiger charge is -2.19. The standard InChI is InChI=1S/C18H24N4S.HI/c1-13-16(23-14(2)22-13)11-20-17(19-3)21-12-18(9-10-18)15-7-5-4-6-8-15;/h4-8H,9-12H2,1-3H3,(H2,19,20,21);1H. The Hall–Kier alpha value is -1.15. The fraction of sp³-hybridized carbons (Fsp3) is 0.444. The fourth-order valence-corrected chi connectivity index (χ4v) is 3.76. The van der Waals surface area contributed by atoms with Gasteiger partial charge in [-0.1, -0.05) is 30.3 Å². The number of aliphatic imine (C=N–C) groups is 1. The van der Waals surface area contributed by atoms with Crippen molar-refractivity contribution < 1.29 is 0 Å². The lowest BCUT2D eigenvalue weighted by molar-refractivity contribution is 0.646. The maximum Gasteiger partial charge on any atom is 0.191 e. The van der Waals surface area contributed by atoms with E-state index in [9.17, 15) is 0 Å². The van der Waals surface area contributed by atoms with Crippen molar-refractivity contribution in [3.63, 3.8) is 0 Å². The van der Waals surface area contributed by atoms with Crippen LogP contribution in [0.1, 0.15) is 34.0 Å². The molecule has 0 amide bonds. The van der Waals surface area contributed by atoms with Crippen molar-refractivity contribution in [2.24, 2.45) is 4.99 Å². The topological polar surface area (TPSA) is 49.3 Å². The van der Waals surface area contributed by atoms with Crippen molar-refractivity contribution in [1.29, 1.82) is 0 Å². The maximum absolute atomic E-state index is 4.47. The SMILES string of the molecule is CN=C(NCc1sc(C)nc1C)NCC1(c2ccccc2)CC1.I. The Morgan fingerprint density at radius 1 is 1.21 bits per heavy atom. The summed E-state index contributed by atoms with van der Waals surface area (Å²) in [7, 11) is 1.82. The van der Waals surface area contributed by atoms with Gasteiger partial charge in [0.15, 0.2) is 5.96 Å². The van der Waals surface area contributed by atoms with Crippen LogP contribution >= 0.6 is 35.3 Å². The average molecular weight is 456 g/mol. The molecule has 1 saturated carbocycles. The second-order valence-electron chi connectivity index (χ2n) is 6.17. The Morgan fingerprint density at radius 2 is 1.92 bits per heavy atom. The molecule has 0 bridgehead atoms. The number of guanidine groups is 1. The minimum Gasteiger partial charge on any atom is -0.356 e. The van der Waals surface area contributed by atoms with Crippen LogP contribution in [0.2, 0.25) is 0 Å². The van der Waals surface area contributed by atoms with Crippen LogP contribution in [0.5, 0.6) is 0 Å². The summed E-state index contributed by atoms with van der Waals surface area (Å²) >= 11 is 1.74. The van der Waals surface area contributed by atoms with Crippen molar-refractivity contribution >= 4 is 41.3 Å². The first kappa shape index (κ1) is 19.2. The molecule has 0 saturated heterocycles. The lowest BCUT2D eigenvalue weighted by atomic mass is 9.96. The van der Waals surface area contributed by atoms with E-state index in [0.717, 1.165) is 29.8 Å². The van der Waals surface area contributed by atoms with Crippen molar-refractivity contribution in [1.82, 2.24) is 15.6 Å². The molecule has 1 heterocycles. The molecule has 130 valence electrons. The molecular weight excluding hydrogens is 431 g/mol. The van der Waals surface area contributed by atoms with E-state index >= 15 is 0 Å². The van der Waals surface area contributed by atoms with Gasteiger partial charge < -0.3 is 10.6 Å². The third kappa shape index (κ3) is 4.47. The number of thiazole rings is 1. The van der Waals surface area contributed by atoms with Gasteiger partial charge in [-0.2, -0.15) is 0 Å². The van der Waals surface area contributed by atoms with E-state index in [2.05, 4.69) is 57.9 Å². The first-order chi connectivity index (χ1) is 11.1. The molecule has 0 aliphatic heterocycles. The molecule has 1 aliphatic rings. The Bertz CT molecular complexity index is 692. The highest BCUT2D eigenvalue weighted by Gasteiger charge is 2.43. The van der Waals surface area contributed by atoms with Gasteiger partial charge >= 0.3 is 0 Å². The third-order valence-electron chi connectivity index (χ3n) is 4.47. The zero-order valence-corrected chi connectivity index (χ0v) is 17.6. The summed E-state index contributed by atoms with van der Waals surface area (Å²) in [6, 6.07) is 10.8. The second kappa shape index (κ2) is 8.29. The van der Waals surface area contributed by atoms with Gasteiger partial charge in [0, 0.05) is 23.9 Å². The summed E-state index contributed by atoms with van der Waals surface area (Å²) in [5.74, 6) is 0.859. The van der Waals surface area contributed by atoms with E-state index in [-0.39, 0.29) is 29.4 Å². The van der Waals surface area contributed by atoms with Crippen molar-refractivity contribution in [2.45, 2.75) is 38.6 Å². The van der Waals surface area contributed by atoms with Gasteiger partial charge in [0.05, 0.1) is 17.2 Å². The Balaban J connectivity index is 0.00000208. The largest absolute Gasteiger partial charge is 0.356 e. The highest BCUT2D eigenvalue weighted by atomic mass is 127.